The molecule has 0 radical (unpaired) electrons. The molecular formula is C14H21NO3. The molecule has 0 bridgehead atoms. The van der Waals surface area contributed by atoms with Crippen LogP contribution in [0.15, 0.2) is 24.3 Å². The first-order valence-corrected chi connectivity index (χ1v) is 6.15. The van der Waals surface area contributed by atoms with Gasteiger partial charge in [0.25, 0.3) is 0 Å². The van der Waals surface area contributed by atoms with Gasteiger partial charge in [0.1, 0.15) is 11.9 Å². The lowest BCUT2D eigenvalue weighted by Gasteiger charge is -2.13. The summed E-state index contributed by atoms with van der Waals surface area (Å²) in [5.41, 5.74) is 1.09. The molecule has 0 aliphatic carbocycles. The molecule has 0 aliphatic heterocycles. The van der Waals surface area contributed by atoms with Crippen molar-refractivity contribution in [3.8, 4) is 5.75 Å². The Morgan fingerprint density at radius 3 is 2.67 bits per heavy atom. The van der Waals surface area contributed by atoms with Crippen LogP contribution in [0.4, 0.5) is 0 Å². The van der Waals surface area contributed by atoms with Gasteiger partial charge in [-0.15, -0.1) is 0 Å². The topological polar surface area (TPSA) is 47.6 Å². The minimum atomic E-state index is -0.359. The van der Waals surface area contributed by atoms with Crippen molar-refractivity contribution in [2.24, 2.45) is 0 Å². The maximum atomic E-state index is 11.7. The fourth-order valence-corrected chi connectivity index (χ4v) is 1.80. The third kappa shape index (κ3) is 4.04. The van der Waals surface area contributed by atoms with E-state index in [1.165, 1.54) is 0 Å². The van der Waals surface area contributed by atoms with Gasteiger partial charge in [0.05, 0.1) is 7.11 Å². The van der Waals surface area contributed by atoms with E-state index in [0.29, 0.717) is 13.0 Å². The number of nitrogens with one attached hydrogen (secondary N) is 1. The molecule has 1 amide bonds. The number of carbonyl (C=O) groups is 1. The molecule has 1 aromatic rings. The SMILES string of the molecule is CC[C@H](OC)C(=O)NCCc1ccccc1OC. The fraction of sp³-hybridized carbons (Fsp3) is 0.500. The summed E-state index contributed by atoms with van der Waals surface area (Å²) in [5.74, 6) is 0.792. The number of carbonyl (C=O) groups excluding carboxylic acids is 1. The van der Waals surface area contributed by atoms with E-state index in [1.807, 2.05) is 31.2 Å². The summed E-state index contributed by atoms with van der Waals surface area (Å²) >= 11 is 0. The van der Waals surface area contributed by atoms with Crippen LogP contribution in [0.2, 0.25) is 0 Å². The predicted molar refractivity (Wildman–Crippen MR) is 70.8 cm³/mol. The van der Waals surface area contributed by atoms with Crippen LogP contribution in [0.5, 0.6) is 5.75 Å². The molecule has 0 unspecified atom stereocenters. The predicted octanol–water partition coefficient (Wildman–Crippen LogP) is 1.78. The Morgan fingerprint density at radius 1 is 1.33 bits per heavy atom. The van der Waals surface area contributed by atoms with Crippen LogP contribution in [0.25, 0.3) is 0 Å². The van der Waals surface area contributed by atoms with Crippen LogP contribution < -0.4 is 10.1 Å². The molecular weight excluding hydrogens is 230 g/mol. The Morgan fingerprint density at radius 2 is 2.06 bits per heavy atom. The molecule has 0 aromatic heterocycles. The van der Waals surface area contributed by atoms with E-state index in [9.17, 15) is 4.79 Å². The van der Waals surface area contributed by atoms with Crippen molar-refractivity contribution in [2.75, 3.05) is 20.8 Å². The van der Waals surface area contributed by atoms with Gasteiger partial charge in [-0.1, -0.05) is 25.1 Å². The second kappa shape index (κ2) is 7.71. The summed E-state index contributed by atoms with van der Waals surface area (Å²) in [6.45, 7) is 2.51. The van der Waals surface area contributed by atoms with Crippen LogP contribution in [0.3, 0.4) is 0 Å². The van der Waals surface area contributed by atoms with Crippen molar-refractivity contribution >= 4 is 5.91 Å². The highest BCUT2D eigenvalue weighted by molar-refractivity contribution is 5.80. The first kappa shape index (κ1) is 14.5. The molecule has 0 heterocycles. The molecule has 4 nitrogen and oxygen atoms in total. The number of benzene rings is 1. The fourth-order valence-electron chi connectivity index (χ4n) is 1.80. The highest BCUT2D eigenvalue weighted by Gasteiger charge is 2.14. The van der Waals surface area contributed by atoms with Crippen molar-refractivity contribution in [1.82, 2.24) is 5.32 Å². The summed E-state index contributed by atoms with van der Waals surface area (Å²) in [6.07, 6.45) is 1.06. The number of methoxy groups -OCH3 is 2. The van der Waals surface area contributed by atoms with Crippen LogP contribution >= 0.6 is 0 Å². The minimum Gasteiger partial charge on any atom is -0.496 e. The molecule has 1 aromatic carbocycles. The second-order valence-electron chi connectivity index (χ2n) is 3.99. The summed E-state index contributed by atoms with van der Waals surface area (Å²) in [7, 11) is 3.20. The zero-order valence-electron chi connectivity index (χ0n) is 11.2. The van der Waals surface area contributed by atoms with E-state index in [0.717, 1.165) is 17.7 Å². The lowest BCUT2D eigenvalue weighted by Crippen LogP contribution is -2.36. The molecule has 100 valence electrons. The first-order valence-electron chi connectivity index (χ1n) is 6.15. The average molecular weight is 251 g/mol. The third-order valence-corrected chi connectivity index (χ3v) is 2.83. The zero-order valence-corrected chi connectivity index (χ0v) is 11.2. The van der Waals surface area contributed by atoms with Gasteiger partial charge in [0.2, 0.25) is 5.91 Å². The van der Waals surface area contributed by atoms with Crippen molar-refractivity contribution in [3.05, 3.63) is 29.8 Å². The minimum absolute atomic E-state index is 0.0603. The average Bonchev–Trinajstić information content (AvgIpc) is 2.40. The van der Waals surface area contributed by atoms with Crippen LogP contribution in [-0.2, 0) is 16.0 Å². The standard InChI is InChI=1S/C14H21NO3/c1-4-12(17-2)14(16)15-10-9-11-7-5-6-8-13(11)18-3/h5-8,12H,4,9-10H2,1-3H3,(H,15,16)/t12-/m0/s1. The molecule has 18 heavy (non-hydrogen) atoms. The van der Waals surface area contributed by atoms with E-state index in [4.69, 9.17) is 9.47 Å². The van der Waals surface area contributed by atoms with Crippen molar-refractivity contribution in [3.63, 3.8) is 0 Å². The van der Waals surface area contributed by atoms with E-state index in [-0.39, 0.29) is 12.0 Å². The van der Waals surface area contributed by atoms with Crippen molar-refractivity contribution < 1.29 is 14.3 Å². The largest absolute Gasteiger partial charge is 0.496 e. The molecule has 1 N–H and O–H groups in total. The normalized spacial score (nSPS) is 11.9. The highest BCUT2D eigenvalue weighted by Crippen LogP contribution is 2.17. The molecule has 0 saturated heterocycles. The highest BCUT2D eigenvalue weighted by atomic mass is 16.5. The van der Waals surface area contributed by atoms with Gasteiger partial charge >= 0.3 is 0 Å². The second-order valence-corrected chi connectivity index (χ2v) is 3.99. The quantitative estimate of drug-likeness (QED) is 0.803. The summed E-state index contributed by atoms with van der Waals surface area (Å²) in [4.78, 5) is 11.7. The summed E-state index contributed by atoms with van der Waals surface area (Å²) < 4.78 is 10.3. The number of rotatable bonds is 7. The summed E-state index contributed by atoms with van der Waals surface area (Å²) in [6, 6.07) is 7.81. The maximum Gasteiger partial charge on any atom is 0.249 e. The van der Waals surface area contributed by atoms with Gasteiger partial charge in [0.15, 0.2) is 0 Å². The molecule has 0 saturated carbocycles. The number of hydrogen-bond donors (Lipinski definition) is 1. The van der Waals surface area contributed by atoms with E-state index in [1.54, 1.807) is 14.2 Å². The molecule has 0 fully saturated rings. The zero-order chi connectivity index (χ0) is 13.4. The Bertz CT molecular complexity index is 375. The molecule has 0 aliphatic rings. The van der Waals surface area contributed by atoms with Gasteiger partial charge in [-0.2, -0.15) is 0 Å². The van der Waals surface area contributed by atoms with Gasteiger partial charge in [-0.25, -0.2) is 0 Å². The Labute approximate surface area is 108 Å². The smallest absolute Gasteiger partial charge is 0.249 e. The molecule has 1 atom stereocenters. The Balaban J connectivity index is 2.44. The number of amides is 1. The van der Waals surface area contributed by atoms with Gasteiger partial charge < -0.3 is 14.8 Å². The third-order valence-electron chi connectivity index (χ3n) is 2.83. The van der Waals surface area contributed by atoms with Crippen molar-refractivity contribution in [1.29, 1.82) is 0 Å². The lowest BCUT2D eigenvalue weighted by molar-refractivity contribution is -0.131. The van der Waals surface area contributed by atoms with Crippen LogP contribution in [-0.4, -0.2) is 32.8 Å². The van der Waals surface area contributed by atoms with E-state index < -0.39 is 0 Å². The number of hydrogen-bond acceptors (Lipinski definition) is 3. The summed E-state index contributed by atoms with van der Waals surface area (Å²) in [5, 5.41) is 2.86. The Hall–Kier alpha value is -1.55. The number of ether oxygens (including phenoxy) is 2. The lowest BCUT2D eigenvalue weighted by atomic mass is 10.1. The van der Waals surface area contributed by atoms with Crippen molar-refractivity contribution in [2.45, 2.75) is 25.9 Å². The van der Waals surface area contributed by atoms with E-state index >= 15 is 0 Å². The van der Waals surface area contributed by atoms with E-state index in [2.05, 4.69) is 5.32 Å². The van der Waals surface area contributed by atoms with Gasteiger partial charge in [-0.05, 0) is 24.5 Å². The Kier molecular flexibility index (Phi) is 6.22. The van der Waals surface area contributed by atoms with Gasteiger partial charge in [-0.3, -0.25) is 4.79 Å². The first-order chi connectivity index (χ1) is 8.72. The molecule has 0 spiro atoms. The monoisotopic (exact) mass is 251 g/mol. The molecule has 1 rings (SSSR count). The maximum absolute atomic E-state index is 11.7. The van der Waals surface area contributed by atoms with Crippen LogP contribution in [0.1, 0.15) is 18.9 Å². The molecule has 4 heteroatoms. The van der Waals surface area contributed by atoms with Gasteiger partial charge in [0, 0.05) is 13.7 Å². The van der Waals surface area contributed by atoms with Crippen LogP contribution in [0, 0.1) is 0 Å². The number of para-hydroxylation sites is 1.